The normalized spacial score (nSPS) is 26.8. The van der Waals surface area contributed by atoms with Crippen LogP contribution >= 0.6 is 0 Å². The largest absolute Gasteiger partial charge is 0.392 e. The molecule has 0 saturated heterocycles. The predicted molar refractivity (Wildman–Crippen MR) is 71.0 cm³/mol. The molecule has 1 aromatic carbocycles. The third kappa shape index (κ3) is 3.30. The summed E-state index contributed by atoms with van der Waals surface area (Å²) in [4.78, 5) is 0. The summed E-state index contributed by atoms with van der Waals surface area (Å²) in [6, 6.07) is 9.20. The number of nitrogens with one attached hydrogen (secondary N) is 1. The molecule has 1 saturated carbocycles. The fourth-order valence-corrected chi connectivity index (χ4v) is 2.58. The van der Waals surface area contributed by atoms with Crippen LogP contribution < -0.4 is 5.32 Å². The molecule has 0 amide bonds. The van der Waals surface area contributed by atoms with Gasteiger partial charge in [0.15, 0.2) is 0 Å². The zero-order chi connectivity index (χ0) is 12.3. The minimum atomic E-state index is -0.170. The summed E-state index contributed by atoms with van der Waals surface area (Å²) in [6.07, 6.45) is 4.26. The Bertz CT molecular complexity index is 346. The highest BCUT2D eigenvalue weighted by Gasteiger charge is 2.24. The first-order chi connectivity index (χ1) is 8.16. The number of aliphatic hydroxyl groups is 1. The topological polar surface area (TPSA) is 32.3 Å². The summed E-state index contributed by atoms with van der Waals surface area (Å²) in [5, 5.41) is 13.5. The fraction of sp³-hybridized carbons (Fsp3) is 0.600. The third-order valence-corrected chi connectivity index (χ3v) is 3.77. The van der Waals surface area contributed by atoms with E-state index < -0.39 is 0 Å². The SMILES string of the molecule is Cc1ccc([C@@H](C)N[C@H]2CCCC[C@@H]2O)cc1. The van der Waals surface area contributed by atoms with E-state index in [2.05, 4.69) is 43.4 Å². The Morgan fingerprint density at radius 2 is 1.82 bits per heavy atom. The van der Waals surface area contributed by atoms with Gasteiger partial charge in [-0.05, 0) is 32.3 Å². The lowest BCUT2D eigenvalue weighted by Crippen LogP contribution is -2.43. The van der Waals surface area contributed by atoms with Gasteiger partial charge in [-0.1, -0.05) is 42.7 Å². The van der Waals surface area contributed by atoms with Gasteiger partial charge in [-0.15, -0.1) is 0 Å². The van der Waals surface area contributed by atoms with Gasteiger partial charge < -0.3 is 10.4 Å². The Kier molecular flexibility index (Phi) is 4.19. The van der Waals surface area contributed by atoms with E-state index in [0.29, 0.717) is 6.04 Å². The zero-order valence-electron chi connectivity index (χ0n) is 10.8. The third-order valence-electron chi connectivity index (χ3n) is 3.77. The predicted octanol–water partition coefficient (Wildman–Crippen LogP) is 2.95. The summed E-state index contributed by atoms with van der Waals surface area (Å²) in [5.74, 6) is 0. The van der Waals surface area contributed by atoms with E-state index in [1.54, 1.807) is 0 Å². The lowest BCUT2D eigenvalue weighted by atomic mass is 9.91. The van der Waals surface area contributed by atoms with E-state index in [4.69, 9.17) is 0 Å². The van der Waals surface area contributed by atoms with Crippen LogP contribution in [0.25, 0.3) is 0 Å². The van der Waals surface area contributed by atoms with E-state index >= 15 is 0 Å². The highest BCUT2D eigenvalue weighted by atomic mass is 16.3. The number of hydrogen-bond donors (Lipinski definition) is 2. The molecule has 1 aliphatic rings. The van der Waals surface area contributed by atoms with Crippen molar-refractivity contribution in [1.29, 1.82) is 0 Å². The van der Waals surface area contributed by atoms with E-state index in [-0.39, 0.29) is 12.1 Å². The number of aryl methyl sites for hydroxylation is 1. The highest BCUT2D eigenvalue weighted by molar-refractivity contribution is 5.23. The maximum atomic E-state index is 9.95. The molecule has 2 heteroatoms. The standard InChI is InChI=1S/C15H23NO/c1-11-7-9-13(10-8-11)12(2)16-14-5-3-4-6-15(14)17/h7-10,12,14-17H,3-6H2,1-2H3/t12-,14+,15+/m1/s1. The molecule has 17 heavy (non-hydrogen) atoms. The number of aliphatic hydroxyl groups excluding tert-OH is 1. The Balaban J connectivity index is 1.95. The van der Waals surface area contributed by atoms with E-state index in [1.165, 1.54) is 17.5 Å². The smallest absolute Gasteiger partial charge is 0.0693 e. The van der Waals surface area contributed by atoms with Crippen molar-refractivity contribution < 1.29 is 5.11 Å². The first-order valence-electron chi connectivity index (χ1n) is 6.67. The van der Waals surface area contributed by atoms with Gasteiger partial charge >= 0.3 is 0 Å². The van der Waals surface area contributed by atoms with Gasteiger partial charge in [-0.25, -0.2) is 0 Å². The minimum absolute atomic E-state index is 0.170. The van der Waals surface area contributed by atoms with Crippen LogP contribution in [0.4, 0.5) is 0 Å². The summed E-state index contributed by atoms with van der Waals surface area (Å²) in [6.45, 7) is 4.28. The molecule has 0 spiro atoms. The summed E-state index contributed by atoms with van der Waals surface area (Å²) < 4.78 is 0. The Morgan fingerprint density at radius 3 is 2.47 bits per heavy atom. The second-order valence-corrected chi connectivity index (χ2v) is 5.26. The summed E-state index contributed by atoms with van der Waals surface area (Å²) >= 11 is 0. The van der Waals surface area contributed by atoms with E-state index in [9.17, 15) is 5.11 Å². The molecular weight excluding hydrogens is 210 g/mol. The van der Waals surface area contributed by atoms with Crippen LogP contribution in [0.15, 0.2) is 24.3 Å². The second-order valence-electron chi connectivity index (χ2n) is 5.26. The number of rotatable bonds is 3. The van der Waals surface area contributed by atoms with Crippen molar-refractivity contribution in [2.45, 2.75) is 57.7 Å². The van der Waals surface area contributed by atoms with Gasteiger partial charge in [0.1, 0.15) is 0 Å². The van der Waals surface area contributed by atoms with Gasteiger partial charge in [0.05, 0.1) is 6.10 Å². The molecule has 0 heterocycles. The molecule has 0 aromatic heterocycles. The first kappa shape index (κ1) is 12.6. The molecule has 1 fully saturated rings. The van der Waals surface area contributed by atoms with Crippen LogP contribution in [0, 0.1) is 6.92 Å². The molecule has 94 valence electrons. The van der Waals surface area contributed by atoms with Gasteiger partial charge in [0, 0.05) is 12.1 Å². The number of hydrogen-bond acceptors (Lipinski definition) is 2. The Morgan fingerprint density at radius 1 is 1.18 bits per heavy atom. The lowest BCUT2D eigenvalue weighted by molar-refractivity contribution is 0.0860. The van der Waals surface area contributed by atoms with Crippen LogP contribution in [-0.2, 0) is 0 Å². The zero-order valence-corrected chi connectivity index (χ0v) is 10.8. The van der Waals surface area contributed by atoms with Gasteiger partial charge in [-0.2, -0.15) is 0 Å². The molecule has 3 atom stereocenters. The van der Waals surface area contributed by atoms with Crippen LogP contribution in [0.5, 0.6) is 0 Å². The summed E-state index contributed by atoms with van der Waals surface area (Å²) in [7, 11) is 0. The molecule has 0 unspecified atom stereocenters. The molecule has 2 N–H and O–H groups in total. The maximum Gasteiger partial charge on any atom is 0.0693 e. The molecule has 2 rings (SSSR count). The molecule has 0 aliphatic heterocycles. The van der Waals surface area contributed by atoms with Crippen LogP contribution in [0.2, 0.25) is 0 Å². The van der Waals surface area contributed by atoms with Crippen molar-refractivity contribution in [2.75, 3.05) is 0 Å². The summed E-state index contributed by atoms with van der Waals surface area (Å²) in [5.41, 5.74) is 2.59. The maximum absolute atomic E-state index is 9.95. The Hall–Kier alpha value is -0.860. The molecule has 0 radical (unpaired) electrons. The van der Waals surface area contributed by atoms with Crippen LogP contribution in [0.1, 0.15) is 49.8 Å². The highest BCUT2D eigenvalue weighted by Crippen LogP contribution is 2.22. The van der Waals surface area contributed by atoms with Gasteiger partial charge in [-0.3, -0.25) is 0 Å². The van der Waals surface area contributed by atoms with Crippen molar-refractivity contribution in [3.8, 4) is 0 Å². The average molecular weight is 233 g/mol. The van der Waals surface area contributed by atoms with Crippen molar-refractivity contribution in [2.24, 2.45) is 0 Å². The van der Waals surface area contributed by atoms with Crippen molar-refractivity contribution in [3.05, 3.63) is 35.4 Å². The second kappa shape index (κ2) is 5.65. The molecule has 0 bridgehead atoms. The average Bonchev–Trinajstić information content (AvgIpc) is 2.33. The minimum Gasteiger partial charge on any atom is -0.392 e. The van der Waals surface area contributed by atoms with Crippen molar-refractivity contribution >= 4 is 0 Å². The monoisotopic (exact) mass is 233 g/mol. The first-order valence-corrected chi connectivity index (χ1v) is 6.67. The molecule has 2 nitrogen and oxygen atoms in total. The van der Waals surface area contributed by atoms with E-state index in [1.807, 2.05) is 0 Å². The quantitative estimate of drug-likeness (QED) is 0.841. The Labute approximate surface area is 104 Å². The molecular formula is C15H23NO. The fourth-order valence-electron chi connectivity index (χ4n) is 2.58. The van der Waals surface area contributed by atoms with Crippen LogP contribution in [0.3, 0.4) is 0 Å². The number of benzene rings is 1. The molecule has 1 aromatic rings. The van der Waals surface area contributed by atoms with Gasteiger partial charge in [0.2, 0.25) is 0 Å². The van der Waals surface area contributed by atoms with Crippen molar-refractivity contribution in [1.82, 2.24) is 5.32 Å². The lowest BCUT2D eigenvalue weighted by Gasteiger charge is -2.31. The van der Waals surface area contributed by atoms with Crippen molar-refractivity contribution in [3.63, 3.8) is 0 Å². The van der Waals surface area contributed by atoms with E-state index in [0.717, 1.165) is 19.3 Å². The van der Waals surface area contributed by atoms with Crippen LogP contribution in [-0.4, -0.2) is 17.3 Å². The van der Waals surface area contributed by atoms with Gasteiger partial charge in [0.25, 0.3) is 0 Å². The molecule has 1 aliphatic carbocycles.